The zero-order valence-electron chi connectivity index (χ0n) is 15.2. The number of hydrogen-bond donors (Lipinski definition) is 1. The Bertz CT molecular complexity index is 857. The number of rotatable bonds is 7. The van der Waals surface area contributed by atoms with Crippen LogP contribution in [-0.4, -0.2) is 35.3 Å². The fourth-order valence-electron chi connectivity index (χ4n) is 2.94. The normalized spacial score (nSPS) is 10.5. The summed E-state index contributed by atoms with van der Waals surface area (Å²) < 4.78 is 1.71. The van der Waals surface area contributed by atoms with Gasteiger partial charge in [-0.2, -0.15) is 5.10 Å². The van der Waals surface area contributed by atoms with Gasteiger partial charge in [0.15, 0.2) is 0 Å². The van der Waals surface area contributed by atoms with Gasteiger partial charge in [-0.05, 0) is 37.6 Å². The lowest BCUT2D eigenvalue weighted by Gasteiger charge is -2.25. The molecule has 0 spiro atoms. The number of benzene rings is 2. The van der Waals surface area contributed by atoms with Crippen LogP contribution in [0.2, 0.25) is 0 Å². The van der Waals surface area contributed by atoms with Crippen molar-refractivity contribution in [3.05, 3.63) is 78.1 Å². The molecule has 0 aliphatic carbocycles. The Hall–Kier alpha value is -3.08. The van der Waals surface area contributed by atoms with Crippen molar-refractivity contribution >= 4 is 11.6 Å². The van der Waals surface area contributed by atoms with Gasteiger partial charge in [0, 0.05) is 31.5 Å². The first-order valence-corrected chi connectivity index (χ1v) is 8.88. The Morgan fingerprint density at radius 1 is 1.12 bits per heavy atom. The Kier molecular flexibility index (Phi) is 5.69. The van der Waals surface area contributed by atoms with Crippen molar-refractivity contribution in [1.82, 2.24) is 15.1 Å². The molecule has 0 aliphatic rings. The van der Waals surface area contributed by atoms with Gasteiger partial charge in [-0.25, -0.2) is 4.68 Å². The van der Waals surface area contributed by atoms with Gasteiger partial charge in [0.25, 0.3) is 5.91 Å². The molecular formula is C21H24N4O. The molecule has 1 amide bonds. The molecule has 0 saturated heterocycles. The predicted octanol–water partition coefficient (Wildman–Crippen LogP) is 3.44. The van der Waals surface area contributed by atoms with Gasteiger partial charge in [0.1, 0.15) is 0 Å². The largest absolute Gasteiger partial charge is 0.370 e. The van der Waals surface area contributed by atoms with Crippen molar-refractivity contribution in [2.24, 2.45) is 0 Å². The first-order chi connectivity index (χ1) is 12.7. The number of amides is 1. The number of aromatic nitrogens is 2. The summed E-state index contributed by atoms with van der Waals surface area (Å²) in [7, 11) is 0. The summed E-state index contributed by atoms with van der Waals surface area (Å²) >= 11 is 0. The fourth-order valence-corrected chi connectivity index (χ4v) is 2.94. The molecule has 0 aliphatic heterocycles. The number of aryl methyl sites for hydroxylation is 1. The van der Waals surface area contributed by atoms with Crippen LogP contribution in [0, 0.1) is 6.92 Å². The van der Waals surface area contributed by atoms with Crippen LogP contribution < -0.4 is 10.2 Å². The molecule has 0 fully saturated rings. The van der Waals surface area contributed by atoms with Crippen LogP contribution in [0.1, 0.15) is 22.8 Å². The predicted molar refractivity (Wildman–Crippen MR) is 105 cm³/mol. The molecule has 3 aromatic rings. The lowest BCUT2D eigenvalue weighted by Crippen LogP contribution is -2.35. The van der Waals surface area contributed by atoms with Crippen LogP contribution in [0.4, 0.5) is 5.69 Å². The highest BCUT2D eigenvalue weighted by Crippen LogP contribution is 2.18. The van der Waals surface area contributed by atoms with Crippen LogP contribution >= 0.6 is 0 Å². The maximum Gasteiger partial charge on any atom is 0.254 e. The van der Waals surface area contributed by atoms with Crippen molar-refractivity contribution in [1.29, 1.82) is 0 Å². The quantitative estimate of drug-likeness (QED) is 0.712. The third-order valence-electron chi connectivity index (χ3n) is 4.37. The number of nitrogens with one attached hydrogen (secondary N) is 1. The highest BCUT2D eigenvalue weighted by molar-refractivity contribution is 5.93. The molecular weight excluding hydrogens is 324 g/mol. The van der Waals surface area contributed by atoms with Crippen molar-refractivity contribution in [3.8, 4) is 5.69 Å². The van der Waals surface area contributed by atoms with E-state index in [0.717, 1.165) is 18.8 Å². The van der Waals surface area contributed by atoms with Crippen molar-refractivity contribution in [2.45, 2.75) is 13.8 Å². The van der Waals surface area contributed by atoms with E-state index >= 15 is 0 Å². The standard InChI is InChI=1S/C21H24N4O/c1-3-24(20-12-8-7-9-17(20)2)14-13-22-21(26)18-15-23-25(16-18)19-10-5-4-6-11-19/h4-12,15-16H,3,13-14H2,1-2H3,(H,22,26). The molecule has 1 aromatic heterocycles. The Morgan fingerprint density at radius 2 is 1.85 bits per heavy atom. The zero-order chi connectivity index (χ0) is 18.4. The van der Waals surface area contributed by atoms with Crippen LogP contribution in [0.3, 0.4) is 0 Å². The third-order valence-corrected chi connectivity index (χ3v) is 4.37. The zero-order valence-corrected chi connectivity index (χ0v) is 15.2. The molecule has 1 heterocycles. The summed E-state index contributed by atoms with van der Waals surface area (Å²) in [6.45, 7) is 6.47. The van der Waals surface area contributed by atoms with Gasteiger partial charge in [-0.3, -0.25) is 4.79 Å². The van der Waals surface area contributed by atoms with Gasteiger partial charge in [0.2, 0.25) is 0 Å². The molecule has 134 valence electrons. The Labute approximate surface area is 154 Å². The second kappa shape index (κ2) is 8.34. The maximum atomic E-state index is 12.4. The minimum absolute atomic E-state index is 0.104. The molecule has 0 saturated carbocycles. The number of carbonyl (C=O) groups is 1. The van der Waals surface area contributed by atoms with E-state index in [1.807, 2.05) is 42.5 Å². The fraction of sp³-hybridized carbons (Fsp3) is 0.238. The van der Waals surface area contributed by atoms with E-state index in [-0.39, 0.29) is 5.91 Å². The minimum Gasteiger partial charge on any atom is -0.370 e. The Morgan fingerprint density at radius 3 is 2.58 bits per heavy atom. The molecule has 5 heteroatoms. The molecule has 5 nitrogen and oxygen atoms in total. The topological polar surface area (TPSA) is 50.2 Å². The average molecular weight is 348 g/mol. The maximum absolute atomic E-state index is 12.4. The van der Waals surface area contributed by atoms with E-state index in [9.17, 15) is 4.79 Å². The Balaban J connectivity index is 1.57. The molecule has 2 aromatic carbocycles. The van der Waals surface area contributed by atoms with Gasteiger partial charge < -0.3 is 10.2 Å². The lowest BCUT2D eigenvalue weighted by atomic mass is 10.2. The van der Waals surface area contributed by atoms with Crippen LogP contribution in [-0.2, 0) is 0 Å². The average Bonchev–Trinajstić information content (AvgIpc) is 3.17. The SMILES string of the molecule is CCN(CCNC(=O)c1cnn(-c2ccccc2)c1)c1ccccc1C. The lowest BCUT2D eigenvalue weighted by molar-refractivity contribution is 0.0954. The van der Waals surface area contributed by atoms with E-state index in [1.54, 1.807) is 17.1 Å². The summed E-state index contributed by atoms with van der Waals surface area (Å²) in [6, 6.07) is 18.1. The molecule has 3 rings (SSSR count). The molecule has 1 N–H and O–H groups in total. The van der Waals surface area contributed by atoms with E-state index in [0.29, 0.717) is 12.1 Å². The first kappa shape index (κ1) is 17.7. The summed E-state index contributed by atoms with van der Waals surface area (Å²) in [5.41, 5.74) is 3.95. The number of anilines is 1. The summed E-state index contributed by atoms with van der Waals surface area (Å²) in [6.07, 6.45) is 3.35. The molecule has 0 radical (unpaired) electrons. The number of carbonyl (C=O) groups excluding carboxylic acids is 1. The summed E-state index contributed by atoms with van der Waals surface area (Å²) in [5, 5.41) is 7.26. The highest BCUT2D eigenvalue weighted by Gasteiger charge is 2.11. The van der Waals surface area contributed by atoms with Crippen molar-refractivity contribution < 1.29 is 4.79 Å². The van der Waals surface area contributed by atoms with Gasteiger partial charge >= 0.3 is 0 Å². The van der Waals surface area contributed by atoms with Crippen molar-refractivity contribution in [2.75, 3.05) is 24.5 Å². The molecule has 26 heavy (non-hydrogen) atoms. The van der Waals surface area contributed by atoms with Crippen molar-refractivity contribution in [3.63, 3.8) is 0 Å². The number of para-hydroxylation sites is 2. The summed E-state index contributed by atoms with van der Waals surface area (Å²) in [5.74, 6) is -0.104. The number of hydrogen-bond acceptors (Lipinski definition) is 3. The van der Waals surface area contributed by atoms with Gasteiger partial charge in [0.05, 0.1) is 17.4 Å². The second-order valence-corrected chi connectivity index (χ2v) is 6.13. The van der Waals surface area contributed by atoms with E-state index < -0.39 is 0 Å². The second-order valence-electron chi connectivity index (χ2n) is 6.13. The molecule has 0 atom stereocenters. The first-order valence-electron chi connectivity index (χ1n) is 8.88. The number of nitrogens with zero attached hydrogens (tertiary/aromatic N) is 3. The van der Waals surface area contributed by atoms with Crippen LogP contribution in [0.5, 0.6) is 0 Å². The number of likely N-dealkylation sites (N-methyl/N-ethyl adjacent to an activating group) is 1. The van der Waals surface area contributed by atoms with Crippen LogP contribution in [0.15, 0.2) is 67.0 Å². The highest BCUT2D eigenvalue weighted by atomic mass is 16.1. The monoisotopic (exact) mass is 348 g/mol. The molecule has 0 unspecified atom stereocenters. The van der Waals surface area contributed by atoms with E-state index in [1.165, 1.54) is 11.3 Å². The van der Waals surface area contributed by atoms with E-state index in [2.05, 4.69) is 41.3 Å². The van der Waals surface area contributed by atoms with Gasteiger partial charge in [-0.15, -0.1) is 0 Å². The van der Waals surface area contributed by atoms with E-state index in [4.69, 9.17) is 0 Å². The molecule has 0 bridgehead atoms. The minimum atomic E-state index is -0.104. The smallest absolute Gasteiger partial charge is 0.254 e. The summed E-state index contributed by atoms with van der Waals surface area (Å²) in [4.78, 5) is 14.6. The third kappa shape index (κ3) is 4.11. The van der Waals surface area contributed by atoms with Crippen LogP contribution in [0.25, 0.3) is 5.69 Å². The van der Waals surface area contributed by atoms with Gasteiger partial charge in [-0.1, -0.05) is 36.4 Å².